The van der Waals surface area contributed by atoms with Gasteiger partial charge < -0.3 is 4.57 Å². The van der Waals surface area contributed by atoms with E-state index in [1.54, 1.807) is 42.5 Å². The van der Waals surface area contributed by atoms with E-state index in [0.717, 1.165) is 21.2 Å². The Bertz CT molecular complexity index is 1320. The summed E-state index contributed by atoms with van der Waals surface area (Å²) in [6.07, 6.45) is 1.48. The van der Waals surface area contributed by atoms with Gasteiger partial charge in [0, 0.05) is 36.3 Å². The number of nitro groups is 1. The molecule has 3 aromatic rings. The highest BCUT2D eigenvalue weighted by molar-refractivity contribution is 6.39. The number of benzene rings is 2. The molecule has 0 N–H and O–H groups in total. The van der Waals surface area contributed by atoms with Gasteiger partial charge in [0.1, 0.15) is 5.57 Å². The number of para-hydroxylation sites is 1. The van der Waals surface area contributed by atoms with Crippen molar-refractivity contribution in [2.24, 2.45) is 0 Å². The number of amides is 4. The van der Waals surface area contributed by atoms with Gasteiger partial charge >= 0.3 is 6.03 Å². The van der Waals surface area contributed by atoms with E-state index in [1.165, 1.54) is 25.3 Å². The molecule has 0 aliphatic carbocycles. The van der Waals surface area contributed by atoms with Gasteiger partial charge in [-0.15, -0.1) is 0 Å². The van der Waals surface area contributed by atoms with Crippen LogP contribution in [-0.2, 0) is 9.59 Å². The second-order valence-electron chi connectivity index (χ2n) is 7.62. The lowest BCUT2D eigenvalue weighted by Crippen LogP contribution is -2.55. The standard InChI is InChI=1S/C24H20N4O5/c1-15-13-17(16(2)26(15)19-9-11-20(12-10-19)28(32)33)14-21-22(29)25(3)24(31)27(23(21)30)18-7-5-4-6-8-18/h4-14H,1-3H3/b21-14-. The Balaban J connectivity index is 1.77. The Morgan fingerprint density at radius 3 is 2.12 bits per heavy atom. The van der Waals surface area contributed by atoms with Crippen LogP contribution in [0.15, 0.2) is 66.2 Å². The van der Waals surface area contributed by atoms with E-state index in [2.05, 4.69) is 0 Å². The first-order valence-electron chi connectivity index (χ1n) is 10.1. The van der Waals surface area contributed by atoms with Crippen LogP contribution in [0.2, 0.25) is 0 Å². The fourth-order valence-electron chi connectivity index (χ4n) is 3.85. The molecule has 0 spiro atoms. The number of carbonyl (C=O) groups excluding carboxylic acids is 3. The number of barbiturate groups is 1. The molecule has 33 heavy (non-hydrogen) atoms. The number of likely N-dealkylation sites (N-methyl/N-ethyl adjacent to an activating group) is 1. The van der Waals surface area contributed by atoms with Crippen LogP contribution < -0.4 is 4.90 Å². The number of nitrogens with zero attached hydrogens (tertiary/aromatic N) is 4. The van der Waals surface area contributed by atoms with E-state index < -0.39 is 22.8 Å². The largest absolute Gasteiger partial charge is 0.338 e. The molecule has 0 atom stereocenters. The summed E-state index contributed by atoms with van der Waals surface area (Å²) in [6, 6.07) is 15.6. The smallest absolute Gasteiger partial charge is 0.318 e. The molecule has 4 amide bonds. The Morgan fingerprint density at radius 2 is 1.52 bits per heavy atom. The summed E-state index contributed by atoms with van der Waals surface area (Å²) >= 11 is 0. The first-order chi connectivity index (χ1) is 15.7. The number of nitro benzene ring substituents is 1. The summed E-state index contributed by atoms with van der Waals surface area (Å²) in [7, 11) is 1.33. The molecule has 9 heteroatoms. The van der Waals surface area contributed by atoms with Crippen molar-refractivity contribution in [3.05, 3.63) is 93.3 Å². The van der Waals surface area contributed by atoms with E-state index in [-0.39, 0.29) is 11.3 Å². The SMILES string of the molecule is Cc1cc(/C=C2/C(=O)N(C)C(=O)N(c3ccccc3)C2=O)c(C)n1-c1ccc([N+](=O)[O-])cc1. The van der Waals surface area contributed by atoms with E-state index in [9.17, 15) is 24.5 Å². The summed E-state index contributed by atoms with van der Waals surface area (Å²) in [5, 5.41) is 10.9. The lowest BCUT2D eigenvalue weighted by atomic mass is 10.1. The van der Waals surface area contributed by atoms with Crippen molar-refractivity contribution in [2.75, 3.05) is 11.9 Å². The van der Waals surface area contributed by atoms with E-state index in [0.29, 0.717) is 16.9 Å². The molecular formula is C24H20N4O5. The molecule has 0 bridgehead atoms. The number of imide groups is 2. The molecule has 0 saturated carbocycles. The molecule has 1 aliphatic heterocycles. The Morgan fingerprint density at radius 1 is 0.879 bits per heavy atom. The van der Waals surface area contributed by atoms with Crippen LogP contribution in [-0.4, -0.2) is 39.3 Å². The second-order valence-corrected chi connectivity index (χ2v) is 7.62. The lowest BCUT2D eigenvalue weighted by molar-refractivity contribution is -0.384. The third-order valence-corrected chi connectivity index (χ3v) is 5.55. The normalized spacial score (nSPS) is 15.5. The number of rotatable bonds is 4. The Labute approximate surface area is 189 Å². The molecule has 1 aromatic heterocycles. The van der Waals surface area contributed by atoms with Crippen molar-refractivity contribution in [3.63, 3.8) is 0 Å². The number of urea groups is 1. The van der Waals surface area contributed by atoms with Crippen molar-refractivity contribution in [1.29, 1.82) is 0 Å². The van der Waals surface area contributed by atoms with Crippen molar-refractivity contribution in [3.8, 4) is 5.69 Å². The van der Waals surface area contributed by atoms with Gasteiger partial charge in [0.2, 0.25) is 0 Å². The van der Waals surface area contributed by atoms with Gasteiger partial charge in [-0.05, 0) is 55.8 Å². The predicted molar refractivity (Wildman–Crippen MR) is 122 cm³/mol. The molecule has 2 aromatic carbocycles. The number of hydrogen-bond donors (Lipinski definition) is 0. The van der Waals surface area contributed by atoms with Crippen LogP contribution in [0.5, 0.6) is 0 Å². The van der Waals surface area contributed by atoms with Gasteiger partial charge in [-0.2, -0.15) is 0 Å². The number of anilines is 1. The number of carbonyl (C=O) groups is 3. The van der Waals surface area contributed by atoms with Gasteiger partial charge in [0.25, 0.3) is 17.5 Å². The minimum atomic E-state index is -0.718. The summed E-state index contributed by atoms with van der Waals surface area (Å²) in [5.74, 6) is -1.38. The zero-order chi connectivity index (χ0) is 23.9. The van der Waals surface area contributed by atoms with Crippen LogP contribution >= 0.6 is 0 Å². The van der Waals surface area contributed by atoms with Gasteiger partial charge in [-0.25, -0.2) is 9.69 Å². The van der Waals surface area contributed by atoms with E-state index >= 15 is 0 Å². The molecule has 166 valence electrons. The summed E-state index contributed by atoms with van der Waals surface area (Å²) < 4.78 is 1.87. The molecular weight excluding hydrogens is 424 g/mol. The van der Waals surface area contributed by atoms with Gasteiger partial charge in [-0.1, -0.05) is 18.2 Å². The van der Waals surface area contributed by atoms with Crippen molar-refractivity contribution in [1.82, 2.24) is 9.47 Å². The quantitative estimate of drug-likeness (QED) is 0.262. The fraction of sp³-hybridized carbons (Fsp3) is 0.125. The van der Waals surface area contributed by atoms with Crippen molar-refractivity contribution >= 4 is 35.3 Å². The van der Waals surface area contributed by atoms with Gasteiger partial charge in [0.15, 0.2) is 0 Å². The first-order valence-corrected chi connectivity index (χ1v) is 10.1. The molecule has 4 rings (SSSR count). The van der Waals surface area contributed by atoms with Crippen LogP contribution in [0.3, 0.4) is 0 Å². The maximum atomic E-state index is 13.2. The van der Waals surface area contributed by atoms with E-state index in [1.807, 2.05) is 24.5 Å². The molecule has 9 nitrogen and oxygen atoms in total. The predicted octanol–water partition coefficient (Wildman–Crippen LogP) is 4.01. The van der Waals surface area contributed by atoms with Crippen LogP contribution in [0, 0.1) is 24.0 Å². The molecule has 0 radical (unpaired) electrons. The first kappa shape index (κ1) is 21.7. The average molecular weight is 444 g/mol. The van der Waals surface area contributed by atoms with Crippen LogP contribution in [0.25, 0.3) is 11.8 Å². The topological polar surface area (TPSA) is 106 Å². The Hall–Kier alpha value is -4.53. The number of non-ortho nitro benzene ring substituents is 1. The summed E-state index contributed by atoms with van der Waals surface area (Å²) in [4.78, 5) is 51.0. The van der Waals surface area contributed by atoms with Gasteiger partial charge in [0.05, 0.1) is 10.6 Å². The maximum absolute atomic E-state index is 13.2. The maximum Gasteiger partial charge on any atom is 0.338 e. The molecule has 1 saturated heterocycles. The highest BCUT2D eigenvalue weighted by Crippen LogP contribution is 2.28. The number of aryl methyl sites for hydroxylation is 1. The molecule has 1 aliphatic rings. The number of hydrogen-bond acceptors (Lipinski definition) is 5. The monoisotopic (exact) mass is 444 g/mol. The summed E-state index contributed by atoms with van der Waals surface area (Å²) in [5.41, 5.74) is 3.10. The fourth-order valence-corrected chi connectivity index (χ4v) is 3.85. The summed E-state index contributed by atoms with van der Waals surface area (Å²) in [6.45, 7) is 3.68. The van der Waals surface area contributed by atoms with Crippen molar-refractivity contribution in [2.45, 2.75) is 13.8 Å². The zero-order valence-electron chi connectivity index (χ0n) is 18.2. The molecule has 0 unspecified atom stereocenters. The minimum Gasteiger partial charge on any atom is -0.318 e. The van der Waals surface area contributed by atoms with E-state index in [4.69, 9.17) is 0 Å². The third-order valence-electron chi connectivity index (χ3n) is 5.55. The zero-order valence-corrected chi connectivity index (χ0v) is 18.2. The minimum absolute atomic E-state index is 0.0179. The Kier molecular flexibility index (Phi) is 5.39. The number of aromatic nitrogens is 1. The highest BCUT2D eigenvalue weighted by Gasteiger charge is 2.41. The lowest BCUT2D eigenvalue weighted by Gasteiger charge is -2.31. The average Bonchev–Trinajstić information content (AvgIpc) is 3.09. The molecule has 2 heterocycles. The molecule has 1 fully saturated rings. The second kappa shape index (κ2) is 8.19. The van der Waals surface area contributed by atoms with Gasteiger partial charge in [-0.3, -0.25) is 24.6 Å². The van der Waals surface area contributed by atoms with Crippen LogP contribution in [0.1, 0.15) is 17.0 Å². The van der Waals surface area contributed by atoms with Crippen LogP contribution in [0.4, 0.5) is 16.2 Å². The third kappa shape index (κ3) is 3.69. The highest BCUT2D eigenvalue weighted by atomic mass is 16.6. The van der Waals surface area contributed by atoms with Crippen molar-refractivity contribution < 1.29 is 19.3 Å².